The zero-order valence-electron chi connectivity index (χ0n) is 22.2. The van der Waals surface area contributed by atoms with E-state index in [1.54, 1.807) is 0 Å². The van der Waals surface area contributed by atoms with Gasteiger partial charge in [0.15, 0.2) is 14.5 Å². The lowest BCUT2D eigenvalue weighted by Gasteiger charge is -2.42. The van der Waals surface area contributed by atoms with Crippen molar-refractivity contribution in [2.24, 2.45) is 0 Å². The van der Waals surface area contributed by atoms with Gasteiger partial charge in [0.2, 0.25) is 0 Å². The summed E-state index contributed by atoms with van der Waals surface area (Å²) in [6, 6.07) is 2.01. The van der Waals surface area contributed by atoms with Gasteiger partial charge < -0.3 is 13.7 Å². The van der Waals surface area contributed by atoms with Gasteiger partial charge in [-0.25, -0.2) is 4.79 Å². The highest BCUT2D eigenvalue weighted by Gasteiger charge is 2.52. The van der Waals surface area contributed by atoms with Crippen molar-refractivity contribution >= 4 is 16.6 Å². The maximum Gasteiger partial charge on any atom is 0.330 e. The molecule has 33 heavy (non-hydrogen) atoms. The summed E-state index contributed by atoms with van der Waals surface area (Å²) in [5, 5.41) is -0.0266. The van der Waals surface area contributed by atoms with Gasteiger partial charge in [0.1, 0.15) is 20.5 Å². The minimum atomic E-state index is -2.23. The molecule has 0 spiro atoms. The zero-order valence-corrected chi connectivity index (χ0v) is 24.1. The lowest BCUT2D eigenvalue weighted by molar-refractivity contribution is -0.0372. The van der Waals surface area contributed by atoms with Gasteiger partial charge in [0.05, 0.1) is 6.10 Å². The molecule has 5 atom stereocenters. The molecular formula is C23H44N3O5PSi. The second kappa shape index (κ2) is 10.8. The molecule has 0 amide bonds. The van der Waals surface area contributed by atoms with E-state index in [2.05, 4.69) is 84.8 Å². The van der Waals surface area contributed by atoms with Gasteiger partial charge in [0.25, 0.3) is 5.56 Å². The fourth-order valence-corrected chi connectivity index (χ4v) is 7.44. The van der Waals surface area contributed by atoms with Crippen LogP contribution in [-0.2, 0) is 13.7 Å². The first-order valence-corrected chi connectivity index (χ1v) is 16.5. The number of rotatable bonds is 9. The number of H-pyrrole nitrogens is 1. The van der Waals surface area contributed by atoms with Crippen molar-refractivity contribution in [1.82, 2.24) is 14.2 Å². The average molecular weight is 502 g/mol. The third kappa shape index (κ3) is 6.44. The minimum Gasteiger partial charge on any atom is -0.407 e. The summed E-state index contributed by atoms with van der Waals surface area (Å²) in [6.07, 6.45) is 0.521. The number of aromatic nitrogens is 2. The fourth-order valence-electron chi connectivity index (χ4n) is 4.14. The van der Waals surface area contributed by atoms with Crippen LogP contribution >= 0.6 is 8.30 Å². The van der Waals surface area contributed by atoms with Crippen LogP contribution in [0.3, 0.4) is 0 Å². The number of hydrogen-bond acceptors (Lipinski definition) is 6. The molecular weight excluding hydrogens is 457 g/mol. The standard InChI is InChI=1S/C23H44N3O5PSi/c1-12-17-19(30-32(9)26(15(2)3)16(4)5)20(31-33(10,11)23(6,7)8)21(29-17)25-14-13-18(27)24-22(25)28/h13-17,19-21H,12H2,1-11H3,(H,24,27,28)/t17-,19?,20+,21-,32?/m1/s1. The maximum absolute atomic E-state index is 12.7. The van der Waals surface area contributed by atoms with E-state index in [0.29, 0.717) is 12.1 Å². The van der Waals surface area contributed by atoms with E-state index < -0.39 is 40.2 Å². The second-order valence-electron chi connectivity index (χ2n) is 10.9. The predicted molar refractivity (Wildman–Crippen MR) is 137 cm³/mol. The molecule has 1 fully saturated rings. The Morgan fingerprint density at radius 3 is 2.21 bits per heavy atom. The third-order valence-corrected chi connectivity index (χ3v) is 13.3. The van der Waals surface area contributed by atoms with E-state index in [1.807, 2.05) is 0 Å². The molecule has 0 saturated carbocycles. The topological polar surface area (TPSA) is 85.8 Å². The molecule has 0 aliphatic carbocycles. The van der Waals surface area contributed by atoms with Crippen LogP contribution in [0.15, 0.2) is 21.9 Å². The highest BCUT2D eigenvalue weighted by atomic mass is 31.2. The van der Waals surface area contributed by atoms with Crippen LogP contribution in [0, 0.1) is 0 Å². The van der Waals surface area contributed by atoms with Crippen LogP contribution in [0.25, 0.3) is 0 Å². The molecule has 2 rings (SSSR count). The molecule has 10 heteroatoms. The number of aromatic amines is 1. The largest absolute Gasteiger partial charge is 0.407 e. The molecule has 190 valence electrons. The van der Waals surface area contributed by atoms with E-state index in [1.165, 1.54) is 16.8 Å². The van der Waals surface area contributed by atoms with E-state index >= 15 is 0 Å². The summed E-state index contributed by atoms with van der Waals surface area (Å²) in [5.74, 6) is 0. The highest BCUT2D eigenvalue weighted by Crippen LogP contribution is 2.49. The summed E-state index contributed by atoms with van der Waals surface area (Å²) in [5.41, 5.74) is -0.936. The molecule has 1 aliphatic rings. The molecule has 2 unspecified atom stereocenters. The van der Waals surface area contributed by atoms with E-state index in [0.717, 1.165) is 6.42 Å². The molecule has 1 aromatic rings. The average Bonchev–Trinajstić information content (AvgIpc) is 2.96. The van der Waals surface area contributed by atoms with Gasteiger partial charge in [-0.1, -0.05) is 27.7 Å². The SMILES string of the molecule is CC[C@H]1O[C@@H](n2ccc(=O)[nH]c2=O)[C@@H](O[Si](C)(C)C(C)(C)C)C1OP(C)N(C(C)C)C(C)C. The summed E-state index contributed by atoms with van der Waals surface area (Å²) >= 11 is 0. The van der Waals surface area contributed by atoms with Crippen LogP contribution in [0.2, 0.25) is 18.1 Å². The Morgan fingerprint density at radius 1 is 1.18 bits per heavy atom. The quantitative estimate of drug-likeness (QED) is 0.391. The van der Waals surface area contributed by atoms with Gasteiger partial charge >= 0.3 is 5.69 Å². The summed E-state index contributed by atoms with van der Waals surface area (Å²) < 4.78 is 23.9. The zero-order chi connectivity index (χ0) is 25.3. The molecule has 1 saturated heterocycles. The van der Waals surface area contributed by atoms with Gasteiger partial charge in [-0.15, -0.1) is 0 Å². The third-order valence-electron chi connectivity index (χ3n) is 6.71. The van der Waals surface area contributed by atoms with E-state index in [9.17, 15) is 9.59 Å². The number of hydrogen-bond donors (Lipinski definition) is 1. The second-order valence-corrected chi connectivity index (χ2v) is 17.3. The first kappa shape index (κ1) is 28.4. The first-order valence-electron chi connectivity index (χ1n) is 11.9. The van der Waals surface area contributed by atoms with Gasteiger partial charge in [-0.05, 0) is 58.9 Å². The van der Waals surface area contributed by atoms with Gasteiger partial charge in [-0.2, -0.15) is 0 Å². The smallest absolute Gasteiger partial charge is 0.330 e. The Morgan fingerprint density at radius 2 is 1.76 bits per heavy atom. The Balaban J connectivity index is 2.52. The van der Waals surface area contributed by atoms with Crippen molar-refractivity contribution < 1.29 is 13.7 Å². The van der Waals surface area contributed by atoms with Crippen molar-refractivity contribution in [3.05, 3.63) is 33.1 Å². The van der Waals surface area contributed by atoms with Crippen LogP contribution in [0.1, 0.15) is 68.0 Å². The summed E-state index contributed by atoms with van der Waals surface area (Å²) in [6.45, 7) is 23.9. The molecule has 1 N–H and O–H groups in total. The molecule has 2 heterocycles. The van der Waals surface area contributed by atoms with Gasteiger partial charge in [-0.3, -0.25) is 19.0 Å². The van der Waals surface area contributed by atoms with Crippen LogP contribution in [0.5, 0.6) is 0 Å². The predicted octanol–water partition coefficient (Wildman–Crippen LogP) is 4.68. The van der Waals surface area contributed by atoms with Crippen molar-refractivity contribution in [2.45, 2.75) is 117 Å². The van der Waals surface area contributed by atoms with E-state index in [4.69, 9.17) is 13.7 Å². The molecule has 0 aromatic carbocycles. The van der Waals surface area contributed by atoms with Crippen molar-refractivity contribution in [2.75, 3.05) is 6.66 Å². The minimum absolute atomic E-state index is 0.0266. The lowest BCUT2D eigenvalue weighted by atomic mass is 10.1. The van der Waals surface area contributed by atoms with Crippen LogP contribution in [-0.4, -0.2) is 59.6 Å². The molecule has 8 nitrogen and oxygen atoms in total. The van der Waals surface area contributed by atoms with Crippen LogP contribution in [0.4, 0.5) is 0 Å². The molecule has 0 radical (unpaired) electrons. The Bertz CT molecular complexity index is 887. The van der Waals surface area contributed by atoms with Crippen molar-refractivity contribution in [3.8, 4) is 0 Å². The maximum atomic E-state index is 12.7. The number of ether oxygens (including phenoxy) is 1. The van der Waals surface area contributed by atoms with Crippen LogP contribution < -0.4 is 11.2 Å². The summed E-state index contributed by atoms with van der Waals surface area (Å²) in [4.78, 5) is 26.7. The number of nitrogens with one attached hydrogen (secondary N) is 1. The normalized spacial score (nSPS) is 25.4. The number of nitrogens with zero attached hydrogens (tertiary/aromatic N) is 2. The summed E-state index contributed by atoms with van der Waals surface area (Å²) in [7, 11) is -3.15. The molecule has 0 bridgehead atoms. The molecule has 1 aromatic heterocycles. The lowest BCUT2D eigenvalue weighted by Crippen LogP contribution is -2.50. The highest BCUT2D eigenvalue weighted by molar-refractivity contribution is 7.49. The Labute approximate surface area is 201 Å². The first-order chi connectivity index (χ1) is 15.1. The van der Waals surface area contributed by atoms with Gasteiger partial charge in [0, 0.05) is 24.3 Å². The van der Waals surface area contributed by atoms with E-state index in [-0.39, 0.29) is 17.2 Å². The Kier molecular flexibility index (Phi) is 9.32. The Hall–Kier alpha value is -0.833. The monoisotopic (exact) mass is 501 g/mol. The fraction of sp³-hybridized carbons (Fsp3) is 0.826. The van der Waals surface area contributed by atoms with Crippen molar-refractivity contribution in [3.63, 3.8) is 0 Å². The molecule has 1 aliphatic heterocycles. The van der Waals surface area contributed by atoms with Crippen molar-refractivity contribution in [1.29, 1.82) is 0 Å².